The van der Waals surface area contributed by atoms with Crippen LogP contribution in [0.2, 0.25) is 0 Å². The molecule has 2 aliphatic rings. The van der Waals surface area contributed by atoms with Gasteiger partial charge < -0.3 is 15.0 Å². The number of carbonyl (C=O) groups excluding carboxylic acids is 1. The van der Waals surface area contributed by atoms with Gasteiger partial charge in [-0.05, 0) is 24.4 Å². The highest BCUT2D eigenvalue weighted by molar-refractivity contribution is 5.68. The first kappa shape index (κ1) is 11.5. The second-order valence-electron chi connectivity index (χ2n) is 5.09. The minimum Gasteiger partial charge on any atom is -0.445 e. The van der Waals surface area contributed by atoms with E-state index in [1.165, 1.54) is 0 Å². The Bertz CT molecular complexity index is 423. The van der Waals surface area contributed by atoms with E-state index in [1.54, 1.807) is 0 Å². The lowest BCUT2D eigenvalue weighted by atomic mass is 10.2. The van der Waals surface area contributed by atoms with Gasteiger partial charge in [-0.3, -0.25) is 0 Å². The summed E-state index contributed by atoms with van der Waals surface area (Å²) in [5.74, 6) is 1.28. The van der Waals surface area contributed by atoms with E-state index >= 15 is 0 Å². The van der Waals surface area contributed by atoms with Gasteiger partial charge in [-0.2, -0.15) is 0 Å². The second-order valence-corrected chi connectivity index (χ2v) is 5.09. The average molecular weight is 246 g/mol. The molecular weight excluding hydrogens is 228 g/mol. The molecule has 1 amide bonds. The number of nitrogens with one attached hydrogen (secondary N) is 1. The standard InChI is InChI=1S/C14H18N2O2/c1-15-13-11-7-16(8-12(11)13)14(17)18-9-10-5-3-2-4-6-10/h2-6,11-13,15H,7-9H2,1H3/t11-,12+,13+. The Hall–Kier alpha value is -1.55. The molecule has 1 saturated carbocycles. The highest BCUT2D eigenvalue weighted by Gasteiger charge is 2.56. The summed E-state index contributed by atoms with van der Waals surface area (Å²) < 4.78 is 5.32. The van der Waals surface area contributed by atoms with E-state index in [0.717, 1.165) is 18.7 Å². The smallest absolute Gasteiger partial charge is 0.410 e. The van der Waals surface area contributed by atoms with E-state index in [-0.39, 0.29) is 6.09 Å². The molecule has 18 heavy (non-hydrogen) atoms. The molecule has 4 heteroatoms. The minimum atomic E-state index is -0.180. The maximum absolute atomic E-state index is 11.9. The first-order chi connectivity index (χ1) is 8.79. The largest absolute Gasteiger partial charge is 0.445 e. The van der Waals surface area contributed by atoms with Crippen molar-refractivity contribution >= 4 is 6.09 Å². The number of rotatable bonds is 3. The first-order valence-corrected chi connectivity index (χ1v) is 6.42. The summed E-state index contributed by atoms with van der Waals surface area (Å²) in [5.41, 5.74) is 1.03. The summed E-state index contributed by atoms with van der Waals surface area (Å²) in [4.78, 5) is 13.7. The van der Waals surface area contributed by atoms with Crippen LogP contribution in [-0.4, -0.2) is 37.2 Å². The molecule has 0 bridgehead atoms. The van der Waals surface area contributed by atoms with Crippen LogP contribution in [-0.2, 0) is 11.3 Å². The third-order valence-corrected chi connectivity index (χ3v) is 3.99. The Balaban J connectivity index is 1.46. The van der Waals surface area contributed by atoms with Gasteiger partial charge in [-0.25, -0.2) is 4.79 Å². The van der Waals surface area contributed by atoms with Gasteiger partial charge in [0, 0.05) is 19.1 Å². The molecule has 0 spiro atoms. The highest BCUT2D eigenvalue weighted by Crippen LogP contribution is 2.45. The fourth-order valence-corrected chi connectivity index (χ4v) is 2.91. The van der Waals surface area contributed by atoms with Crippen molar-refractivity contribution in [3.05, 3.63) is 35.9 Å². The number of likely N-dealkylation sites (tertiary alicyclic amines) is 1. The average Bonchev–Trinajstić information content (AvgIpc) is 2.88. The van der Waals surface area contributed by atoms with Gasteiger partial charge in [-0.15, -0.1) is 0 Å². The topological polar surface area (TPSA) is 41.6 Å². The molecule has 0 unspecified atom stereocenters. The number of carbonyl (C=O) groups is 1. The lowest BCUT2D eigenvalue weighted by Gasteiger charge is -2.19. The third-order valence-electron chi connectivity index (χ3n) is 3.99. The molecule has 2 fully saturated rings. The Morgan fingerprint density at radius 2 is 2.00 bits per heavy atom. The van der Waals surface area contributed by atoms with Crippen LogP contribution in [0.4, 0.5) is 4.79 Å². The molecule has 1 saturated heterocycles. The van der Waals surface area contributed by atoms with Crippen LogP contribution in [0.5, 0.6) is 0 Å². The van der Waals surface area contributed by atoms with E-state index in [9.17, 15) is 4.79 Å². The van der Waals surface area contributed by atoms with Gasteiger partial charge in [0.25, 0.3) is 0 Å². The maximum Gasteiger partial charge on any atom is 0.410 e. The van der Waals surface area contributed by atoms with Crippen molar-refractivity contribution in [3.63, 3.8) is 0 Å². The Morgan fingerprint density at radius 1 is 1.33 bits per heavy atom. The molecule has 1 aliphatic heterocycles. The van der Waals surface area contributed by atoms with Crippen molar-refractivity contribution in [3.8, 4) is 0 Å². The maximum atomic E-state index is 11.9. The Kier molecular flexibility index (Phi) is 2.96. The molecule has 1 aliphatic carbocycles. The minimum absolute atomic E-state index is 0.180. The fourth-order valence-electron chi connectivity index (χ4n) is 2.91. The van der Waals surface area contributed by atoms with Crippen molar-refractivity contribution in [2.75, 3.05) is 20.1 Å². The molecule has 1 aromatic carbocycles. The van der Waals surface area contributed by atoms with Crippen LogP contribution in [0.3, 0.4) is 0 Å². The number of benzene rings is 1. The highest BCUT2D eigenvalue weighted by atomic mass is 16.6. The Labute approximate surface area is 107 Å². The number of hydrogen-bond donors (Lipinski definition) is 1. The van der Waals surface area contributed by atoms with Gasteiger partial charge in [0.15, 0.2) is 0 Å². The summed E-state index contributed by atoms with van der Waals surface area (Å²) in [5, 5.41) is 3.28. The third kappa shape index (κ3) is 2.08. The summed E-state index contributed by atoms with van der Waals surface area (Å²) >= 11 is 0. The molecule has 0 aromatic heterocycles. The summed E-state index contributed by atoms with van der Waals surface area (Å²) in [7, 11) is 1.99. The van der Waals surface area contributed by atoms with E-state index in [1.807, 2.05) is 42.3 Å². The lowest BCUT2D eigenvalue weighted by Crippen LogP contribution is -2.35. The molecule has 1 heterocycles. The van der Waals surface area contributed by atoms with Crippen LogP contribution in [0.25, 0.3) is 0 Å². The SMILES string of the molecule is CN[C@H]1[C@@H]2CN(C(=O)OCc3ccccc3)C[C@@H]21. The van der Waals surface area contributed by atoms with E-state index in [0.29, 0.717) is 24.5 Å². The van der Waals surface area contributed by atoms with Crippen molar-refractivity contribution in [2.45, 2.75) is 12.6 Å². The second kappa shape index (κ2) is 4.61. The first-order valence-electron chi connectivity index (χ1n) is 6.42. The number of hydrogen-bond acceptors (Lipinski definition) is 3. The van der Waals surface area contributed by atoms with Gasteiger partial charge in [0.1, 0.15) is 6.61 Å². The number of amides is 1. The summed E-state index contributed by atoms with van der Waals surface area (Å²) in [6, 6.07) is 10.4. The predicted octanol–water partition coefficient (Wildman–Crippen LogP) is 1.47. The monoisotopic (exact) mass is 246 g/mol. The van der Waals surface area contributed by atoms with E-state index in [4.69, 9.17) is 4.74 Å². The van der Waals surface area contributed by atoms with Crippen LogP contribution in [0.1, 0.15) is 5.56 Å². The molecule has 3 rings (SSSR count). The normalized spacial score (nSPS) is 28.9. The molecule has 1 aromatic rings. The number of piperidine rings is 1. The van der Waals surface area contributed by atoms with Crippen molar-refractivity contribution in [1.29, 1.82) is 0 Å². The zero-order chi connectivity index (χ0) is 12.5. The fraction of sp³-hybridized carbons (Fsp3) is 0.500. The molecule has 3 atom stereocenters. The number of fused-ring (bicyclic) bond motifs is 1. The van der Waals surface area contributed by atoms with Crippen molar-refractivity contribution < 1.29 is 9.53 Å². The van der Waals surface area contributed by atoms with E-state index < -0.39 is 0 Å². The van der Waals surface area contributed by atoms with Crippen LogP contribution in [0.15, 0.2) is 30.3 Å². The zero-order valence-corrected chi connectivity index (χ0v) is 10.5. The van der Waals surface area contributed by atoms with Gasteiger partial charge in [0.05, 0.1) is 0 Å². The molecule has 0 radical (unpaired) electrons. The molecule has 96 valence electrons. The summed E-state index contributed by atoms with van der Waals surface area (Å²) in [6.45, 7) is 2.04. The molecular formula is C14H18N2O2. The quantitative estimate of drug-likeness (QED) is 0.878. The summed E-state index contributed by atoms with van der Waals surface area (Å²) in [6.07, 6.45) is -0.180. The van der Waals surface area contributed by atoms with Crippen LogP contribution in [0, 0.1) is 11.8 Å². The van der Waals surface area contributed by atoms with Crippen LogP contribution < -0.4 is 5.32 Å². The van der Waals surface area contributed by atoms with Gasteiger partial charge in [-0.1, -0.05) is 30.3 Å². The Morgan fingerprint density at radius 3 is 2.61 bits per heavy atom. The molecule has 1 N–H and O–H groups in total. The number of nitrogens with zero attached hydrogens (tertiary/aromatic N) is 1. The van der Waals surface area contributed by atoms with Gasteiger partial charge in [0.2, 0.25) is 0 Å². The predicted molar refractivity (Wildman–Crippen MR) is 68.0 cm³/mol. The lowest BCUT2D eigenvalue weighted by molar-refractivity contribution is 0.0995. The molecule has 4 nitrogen and oxygen atoms in total. The van der Waals surface area contributed by atoms with Crippen molar-refractivity contribution in [1.82, 2.24) is 10.2 Å². The number of ether oxygens (including phenoxy) is 1. The zero-order valence-electron chi connectivity index (χ0n) is 10.5. The van der Waals surface area contributed by atoms with E-state index in [2.05, 4.69) is 5.32 Å². The van der Waals surface area contributed by atoms with Gasteiger partial charge >= 0.3 is 6.09 Å². The van der Waals surface area contributed by atoms with Crippen LogP contribution >= 0.6 is 0 Å². The van der Waals surface area contributed by atoms with Crippen molar-refractivity contribution in [2.24, 2.45) is 11.8 Å².